The van der Waals surface area contributed by atoms with Crippen molar-refractivity contribution < 1.29 is 9.59 Å². The predicted octanol–water partition coefficient (Wildman–Crippen LogP) is 4.57. The standard InChI is InChI=1S/C23H31ClN2O2/c1-2-20(23-12-15-9-16(13-23)11-17(10-15)14-23)26-21(27)7-8-25-22(28)18-5-3-4-6-19(18)24/h3-6,15-17,20H,2,7-14H2,1H3,(H,25,28)(H,26,27). The topological polar surface area (TPSA) is 58.2 Å². The van der Waals surface area contributed by atoms with E-state index in [1.807, 2.05) is 0 Å². The summed E-state index contributed by atoms with van der Waals surface area (Å²) in [5.41, 5.74) is 0.768. The van der Waals surface area contributed by atoms with Crippen LogP contribution in [0.15, 0.2) is 24.3 Å². The van der Waals surface area contributed by atoms with Crippen LogP contribution in [0, 0.1) is 23.2 Å². The van der Waals surface area contributed by atoms with Crippen LogP contribution in [0.2, 0.25) is 5.02 Å². The molecule has 0 spiro atoms. The highest BCUT2D eigenvalue weighted by Crippen LogP contribution is 2.61. The number of halogens is 1. The molecule has 0 heterocycles. The second kappa shape index (κ2) is 8.06. The number of benzene rings is 1. The fraction of sp³-hybridized carbons (Fsp3) is 0.652. The summed E-state index contributed by atoms with van der Waals surface area (Å²) in [7, 11) is 0. The van der Waals surface area contributed by atoms with Crippen LogP contribution in [0.5, 0.6) is 0 Å². The summed E-state index contributed by atoms with van der Waals surface area (Å²) in [4.78, 5) is 24.8. The second-order valence-corrected chi connectivity index (χ2v) is 9.70. The van der Waals surface area contributed by atoms with Crippen LogP contribution in [0.1, 0.15) is 68.6 Å². The Morgan fingerprint density at radius 1 is 1.11 bits per heavy atom. The van der Waals surface area contributed by atoms with E-state index in [1.54, 1.807) is 24.3 Å². The minimum absolute atomic E-state index is 0.0436. The summed E-state index contributed by atoms with van der Waals surface area (Å²) in [5, 5.41) is 6.57. The fourth-order valence-corrected chi connectivity index (χ4v) is 6.81. The summed E-state index contributed by atoms with van der Waals surface area (Å²) in [6, 6.07) is 7.23. The third kappa shape index (κ3) is 3.94. The Bertz CT molecular complexity index is 713. The smallest absolute Gasteiger partial charge is 0.252 e. The summed E-state index contributed by atoms with van der Waals surface area (Å²) >= 11 is 6.06. The minimum atomic E-state index is -0.230. The first-order chi connectivity index (χ1) is 13.5. The maximum Gasteiger partial charge on any atom is 0.252 e. The number of rotatable bonds is 7. The van der Waals surface area contributed by atoms with Gasteiger partial charge < -0.3 is 10.6 Å². The fourth-order valence-electron chi connectivity index (χ4n) is 6.59. The molecule has 1 unspecified atom stereocenters. The van der Waals surface area contributed by atoms with Crippen molar-refractivity contribution in [2.24, 2.45) is 23.2 Å². The van der Waals surface area contributed by atoms with Gasteiger partial charge >= 0.3 is 0 Å². The SMILES string of the molecule is CCC(NC(=O)CCNC(=O)c1ccccc1Cl)C12CC3CC(CC(C3)C1)C2. The molecule has 152 valence electrons. The number of hydrogen-bond acceptors (Lipinski definition) is 2. The largest absolute Gasteiger partial charge is 0.353 e. The van der Waals surface area contributed by atoms with Crippen molar-refractivity contribution in [3.05, 3.63) is 34.9 Å². The summed E-state index contributed by atoms with van der Waals surface area (Å²) < 4.78 is 0. The van der Waals surface area contributed by atoms with Gasteiger partial charge in [-0.3, -0.25) is 9.59 Å². The molecule has 2 amide bonds. The van der Waals surface area contributed by atoms with Gasteiger partial charge in [-0.15, -0.1) is 0 Å². The number of carbonyl (C=O) groups excluding carboxylic acids is 2. The lowest BCUT2D eigenvalue weighted by atomic mass is 9.47. The highest BCUT2D eigenvalue weighted by Gasteiger charge is 2.53. The quantitative estimate of drug-likeness (QED) is 0.701. The minimum Gasteiger partial charge on any atom is -0.353 e. The zero-order chi connectivity index (χ0) is 19.7. The number of amides is 2. The lowest BCUT2D eigenvalue weighted by molar-refractivity contribution is -0.126. The van der Waals surface area contributed by atoms with Crippen LogP contribution >= 0.6 is 11.6 Å². The molecule has 1 aromatic carbocycles. The van der Waals surface area contributed by atoms with Gasteiger partial charge in [0.1, 0.15) is 0 Å². The van der Waals surface area contributed by atoms with E-state index >= 15 is 0 Å². The molecule has 4 nitrogen and oxygen atoms in total. The van der Waals surface area contributed by atoms with Gasteiger partial charge in [0.2, 0.25) is 5.91 Å². The lowest BCUT2D eigenvalue weighted by Gasteiger charge is -2.59. The Balaban J connectivity index is 1.29. The second-order valence-electron chi connectivity index (χ2n) is 9.29. The van der Waals surface area contributed by atoms with Crippen molar-refractivity contribution in [1.29, 1.82) is 0 Å². The van der Waals surface area contributed by atoms with Gasteiger partial charge in [-0.25, -0.2) is 0 Å². The van der Waals surface area contributed by atoms with E-state index in [1.165, 1.54) is 38.5 Å². The molecule has 4 fully saturated rings. The molecule has 4 saturated carbocycles. The molecular formula is C23H31ClN2O2. The van der Waals surface area contributed by atoms with Crippen molar-refractivity contribution in [3.8, 4) is 0 Å². The maximum atomic E-state index is 12.6. The van der Waals surface area contributed by atoms with Crippen LogP contribution in [0.4, 0.5) is 0 Å². The first-order valence-corrected chi connectivity index (χ1v) is 11.2. The molecule has 5 rings (SSSR count). The molecule has 1 aromatic rings. The van der Waals surface area contributed by atoms with Crippen molar-refractivity contribution in [2.45, 2.75) is 64.3 Å². The predicted molar refractivity (Wildman–Crippen MR) is 111 cm³/mol. The summed E-state index contributed by atoms with van der Waals surface area (Å²) in [6.07, 6.45) is 9.42. The average molecular weight is 403 g/mol. The molecule has 4 aliphatic rings. The number of carbonyl (C=O) groups is 2. The van der Waals surface area contributed by atoms with E-state index in [9.17, 15) is 9.59 Å². The molecular weight excluding hydrogens is 372 g/mol. The zero-order valence-corrected chi connectivity index (χ0v) is 17.4. The highest BCUT2D eigenvalue weighted by atomic mass is 35.5. The van der Waals surface area contributed by atoms with Crippen molar-refractivity contribution in [1.82, 2.24) is 10.6 Å². The van der Waals surface area contributed by atoms with Crippen molar-refractivity contribution in [3.63, 3.8) is 0 Å². The van der Waals surface area contributed by atoms with Gasteiger partial charge in [-0.2, -0.15) is 0 Å². The summed E-state index contributed by atoms with van der Waals surface area (Å²) in [5.74, 6) is 2.46. The van der Waals surface area contributed by atoms with Gasteiger partial charge in [0.05, 0.1) is 10.6 Å². The molecule has 4 bridgehead atoms. The molecule has 0 aliphatic heterocycles. The number of nitrogens with one attached hydrogen (secondary N) is 2. The van der Waals surface area contributed by atoms with E-state index in [2.05, 4.69) is 17.6 Å². The van der Waals surface area contributed by atoms with Gasteiger partial charge in [0, 0.05) is 19.0 Å². The first kappa shape index (κ1) is 19.8. The van der Waals surface area contributed by atoms with Crippen LogP contribution in [-0.2, 0) is 4.79 Å². The lowest BCUT2D eigenvalue weighted by Crippen LogP contribution is -2.56. The van der Waals surface area contributed by atoms with Gasteiger partial charge in [0.25, 0.3) is 5.91 Å². The molecule has 0 aromatic heterocycles. The van der Waals surface area contributed by atoms with Gasteiger partial charge in [0.15, 0.2) is 0 Å². The third-order valence-electron chi connectivity index (χ3n) is 7.32. The van der Waals surface area contributed by atoms with Gasteiger partial charge in [-0.05, 0) is 80.2 Å². The van der Waals surface area contributed by atoms with E-state index in [0.717, 1.165) is 24.2 Å². The maximum absolute atomic E-state index is 12.6. The number of hydrogen-bond donors (Lipinski definition) is 2. The van der Waals surface area contributed by atoms with Crippen molar-refractivity contribution >= 4 is 23.4 Å². The molecule has 28 heavy (non-hydrogen) atoms. The van der Waals surface area contributed by atoms with Crippen LogP contribution < -0.4 is 10.6 Å². The monoisotopic (exact) mass is 402 g/mol. The Kier molecular flexibility index (Phi) is 5.69. The summed E-state index contributed by atoms with van der Waals surface area (Å²) in [6.45, 7) is 2.52. The third-order valence-corrected chi connectivity index (χ3v) is 7.65. The Hall–Kier alpha value is -1.55. The van der Waals surface area contributed by atoms with Crippen LogP contribution in [0.3, 0.4) is 0 Å². The Morgan fingerprint density at radius 3 is 2.29 bits per heavy atom. The van der Waals surface area contributed by atoms with E-state index in [4.69, 9.17) is 11.6 Å². The van der Waals surface area contributed by atoms with Crippen LogP contribution in [-0.4, -0.2) is 24.4 Å². The molecule has 1 atom stereocenters. The highest BCUT2D eigenvalue weighted by molar-refractivity contribution is 6.33. The molecule has 5 heteroatoms. The Labute approximate surface area is 172 Å². The Morgan fingerprint density at radius 2 is 1.71 bits per heavy atom. The zero-order valence-electron chi connectivity index (χ0n) is 16.7. The molecule has 2 N–H and O–H groups in total. The molecule has 0 radical (unpaired) electrons. The van der Waals surface area contributed by atoms with Crippen LogP contribution in [0.25, 0.3) is 0 Å². The van der Waals surface area contributed by atoms with Crippen molar-refractivity contribution in [2.75, 3.05) is 6.54 Å². The first-order valence-electron chi connectivity index (χ1n) is 10.8. The van der Waals surface area contributed by atoms with E-state index < -0.39 is 0 Å². The van der Waals surface area contributed by atoms with Gasteiger partial charge in [-0.1, -0.05) is 30.7 Å². The van der Waals surface area contributed by atoms with E-state index in [-0.39, 0.29) is 17.9 Å². The molecule has 0 saturated heterocycles. The van der Waals surface area contributed by atoms with E-state index in [0.29, 0.717) is 29.0 Å². The average Bonchev–Trinajstić information content (AvgIpc) is 2.65. The molecule has 4 aliphatic carbocycles. The normalized spacial score (nSPS) is 31.4.